The fourth-order valence-electron chi connectivity index (χ4n) is 1.57. The maximum atomic E-state index is 11.8. The van der Waals surface area contributed by atoms with Gasteiger partial charge in [-0.3, -0.25) is 4.79 Å². The van der Waals surface area contributed by atoms with Gasteiger partial charge in [0.05, 0.1) is 0 Å². The van der Waals surface area contributed by atoms with Crippen molar-refractivity contribution in [3.05, 3.63) is 35.4 Å². The second kappa shape index (κ2) is 4.23. The Kier molecular flexibility index (Phi) is 2.96. The quantitative estimate of drug-likeness (QED) is 0.785. The van der Waals surface area contributed by atoms with Gasteiger partial charge in [-0.2, -0.15) is 0 Å². The van der Waals surface area contributed by atoms with E-state index in [1.54, 1.807) is 0 Å². The molecule has 2 nitrogen and oxygen atoms in total. The number of nitrogens with one attached hydrogen (secondary N) is 1. The van der Waals surface area contributed by atoms with Crippen molar-refractivity contribution in [2.24, 2.45) is 5.92 Å². The first-order chi connectivity index (χ1) is 7.20. The first kappa shape index (κ1) is 10.5. The number of rotatable bonds is 3. The van der Waals surface area contributed by atoms with E-state index in [1.807, 2.05) is 24.3 Å². The number of carbonyl (C=O) groups is 1. The molecule has 1 aromatic carbocycles. The molecule has 15 heavy (non-hydrogen) atoms. The number of amides is 1. The maximum absolute atomic E-state index is 11.8. The van der Waals surface area contributed by atoms with E-state index in [-0.39, 0.29) is 5.91 Å². The minimum Gasteiger partial charge on any atom is -0.349 e. The van der Waals surface area contributed by atoms with Gasteiger partial charge in [0, 0.05) is 17.5 Å². The molecule has 0 saturated heterocycles. The molecule has 0 radical (unpaired) electrons. The number of hydrogen-bond donors (Lipinski definition) is 1. The summed E-state index contributed by atoms with van der Waals surface area (Å²) in [5, 5.41) is 2.99. The molecule has 0 aliphatic heterocycles. The molecule has 0 aromatic heterocycles. The molecular weight excluding hydrogens is 210 g/mol. The van der Waals surface area contributed by atoms with Gasteiger partial charge in [0.2, 0.25) is 0 Å². The second-order valence-corrected chi connectivity index (χ2v) is 4.39. The third-order valence-corrected chi connectivity index (χ3v) is 3.08. The fraction of sp³-hybridized carbons (Fsp3) is 0.417. The molecule has 1 aliphatic carbocycles. The minimum atomic E-state index is 0.0105. The molecule has 1 aromatic rings. The van der Waals surface area contributed by atoms with Crippen LogP contribution < -0.4 is 5.32 Å². The summed E-state index contributed by atoms with van der Waals surface area (Å²) in [7, 11) is 0. The van der Waals surface area contributed by atoms with Crippen LogP contribution in [0.25, 0.3) is 0 Å². The minimum absolute atomic E-state index is 0.0105. The molecule has 2 rings (SSSR count). The van der Waals surface area contributed by atoms with Crippen LogP contribution in [0.1, 0.15) is 29.3 Å². The zero-order valence-corrected chi connectivity index (χ0v) is 9.42. The Balaban J connectivity index is 2.04. The summed E-state index contributed by atoms with van der Waals surface area (Å²) in [6.45, 7) is 2.14. The summed E-state index contributed by atoms with van der Waals surface area (Å²) < 4.78 is 0. The number of carbonyl (C=O) groups excluding carboxylic acids is 1. The van der Waals surface area contributed by atoms with E-state index in [4.69, 9.17) is 11.6 Å². The van der Waals surface area contributed by atoms with Crippen LogP contribution in [-0.2, 0) is 5.88 Å². The molecule has 1 fully saturated rings. The van der Waals surface area contributed by atoms with Gasteiger partial charge < -0.3 is 5.32 Å². The van der Waals surface area contributed by atoms with E-state index in [0.717, 1.165) is 12.0 Å². The third kappa shape index (κ3) is 2.51. The van der Waals surface area contributed by atoms with Crippen molar-refractivity contribution in [2.75, 3.05) is 0 Å². The SMILES string of the molecule is CC1CC1NC(=O)c1cccc(CCl)c1. The smallest absolute Gasteiger partial charge is 0.251 e. The van der Waals surface area contributed by atoms with Crippen LogP contribution in [0, 0.1) is 5.92 Å². The summed E-state index contributed by atoms with van der Waals surface area (Å²) in [6.07, 6.45) is 1.10. The van der Waals surface area contributed by atoms with E-state index >= 15 is 0 Å². The Bertz CT molecular complexity index is 378. The summed E-state index contributed by atoms with van der Waals surface area (Å²) in [4.78, 5) is 11.8. The normalized spacial score (nSPS) is 23.6. The van der Waals surface area contributed by atoms with Gasteiger partial charge in [-0.15, -0.1) is 11.6 Å². The lowest BCUT2D eigenvalue weighted by atomic mass is 10.1. The standard InChI is InChI=1S/C12H14ClNO/c1-8-5-11(8)14-12(15)10-4-2-3-9(6-10)7-13/h2-4,6,8,11H,5,7H2,1H3,(H,14,15). The maximum Gasteiger partial charge on any atom is 0.251 e. The molecule has 80 valence electrons. The van der Waals surface area contributed by atoms with Crippen LogP contribution in [0.4, 0.5) is 0 Å². The largest absolute Gasteiger partial charge is 0.349 e. The molecule has 0 spiro atoms. The van der Waals surface area contributed by atoms with Gasteiger partial charge in [-0.1, -0.05) is 19.1 Å². The second-order valence-electron chi connectivity index (χ2n) is 4.13. The van der Waals surface area contributed by atoms with Crippen molar-refractivity contribution in [3.8, 4) is 0 Å². The highest BCUT2D eigenvalue weighted by atomic mass is 35.5. The lowest BCUT2D eigenvalue weighted by Gasteiger charge is -2.04. The van der Waals surface area contributed by atoms with Gasteiger partial charge in [0.1, 0.15) is 0 Å². The number of benzene rings is 1. The van der Waals surface area contributed by atoms with Crippen LogP contribution in [0.2, 0.25) is 0 Å². The Morgan fingerprint density at radius 2 is 2.33 bits per heavy atom. The Labute approximate surface area is 94.6 Å². The molecule has 2 atom stereocenters. The number of halogens is 1. The molecule has 0 heterocycles. The Morgan fingerprint density at radius 3 is 2.93 bits per heavy atom. The molecule has 1 saturated carbocycles. The number of hydrogen-bond acceptors (Lipinski definition) is 1. The number of alkyl halides is 1. The molecule has 2 unspecified atom stereocenters. The van der Waals surface area contributed by atoms with Gasteiger partial charge >= 0.3 is 0 Å². The van der Waals surface area contributed by atoms with Crippen molar-refractivity contribution in [2.45, 2.75) is 25.3 Å². The molecule has 3 heteroatoms. The average molecular weight is 224 g/mol. The van der Waals surface area contributed by atoms with Crippen LogP contribution >= 0.6 is 11.6 Å². The van der Waals surface area contributed by atoms with Gasteiger partial charge in [0.15, 0.2) is 0 Å². The van der Waals surface area contributed by atoms with E-state index in [0.29, 0.717) is 23.4 Å². The highest BCUT2D eigenvalue weighted by Gasteiger charge is 2.33. The van der Waals surface area contributed by atoms with Crippen molar-refractivity contribution in [3.63, 3.8) is 0 Å². The molecule has 1 aliphatic rings. The summed E-state index contributed by atoms with van der Waals surface area (Å²) in [6, 6.07) is 7.82. The Hall–Kier alpha value is -1.02. The first-order valence-electron chi connectivity index (χ1n) is 5.16. The van der Waals surface area contributed by atoms with E-state index < -0.39 is 0 Å². The summed E-state index contributed by atoms with van der Waals surface area (Å²) in [5.74, 6) is 1.09. The van der Waals surface area contributed by atoms with Crippen LogP contribution in [0.5, 0.6) is 0 Å². The topological polar surface area (TPSA) is 29.1 Å². The van der Waals surface area contributed by atoms with Crippen LogP contribution in [0.3, 0.4) is 0 Å². The van der Waals surface area contributed by atoms with Crippen molar-refractivity contribution < 1.29 is 4.79 Å². The molecule has 1 amide bonds. The molecular formula is C12H14ClNO. The fourth-order valence-corrected chi connectivity index (χ4v) is 1.74. The van der Waals surface area contributed by atoms with E-state index in [1.165, 1.54) is 0 Å². The van der Waals surface area contributed by atoms with Gasteiger partial charge in [-0.25, -0.2) is 0 Å². The average Bonchev–Trinajstić information content (AvgIpc) is 2.94. The summed E-state index contributed by atoms with van der Waals surface area (Å²) in [5.41, 5.74) is 1.68. The molecule has 1 N–H and O–H groups in total. The zero-order chi connectivity index (χ0) is 10.8. The van der Waals surface area contributed by atoms with E-state index in [9.17, 15) is 4.79 Å². The van der Waals surface area contributed by atoms with Crippen molar-refractivity contribution in [1.29, 1.82) is 0 Å². The lowest BCUT2D eigenvalue weighted by molar-refractivity contribution is 0.0949. The third-order valence-electron chi connectivity index (χ3n) is 2.77. The van der Waals surface area contributed by atoms with Crippen molar-refractivity contribution in [1.82, 2.24) is 5.32 Å². The first-order valence-corrected chi connectivity index (χ1v) is 5.70. The lowest BCUT2D eigenvalue weighted by Crippen LogP contribution is -2.26. The molecule has 0 bridgehead atoms. The van der Waals surface area contributed by atoms with Crippen molar-refractivity contribution >= 4 is 17.5 Å². The summed E-state index contributed by atoms with van der Waals surface area (Å²) >= 11 is 5.71. The highest BCUT2D eigenvalue weighted by molar-refractivity contribution is 6.17. The van der Waals surface area contributed by atoms with E-state index in [2.05, 4.69) is 12.2 Å². The van der Waals surface area contributed by atoms with Crippen LogP contribution in [0.15, 0.2) is 24.3 Å². The predicted octanol–water partition coefficient (Wildman–Crippen LogP) is 2.56. The van der Waals surface area contributed by atoms with Gasteiger partial charge in [0.25, 0.3) is 5.91 Å². The monoisotopic (exact) mass is 223 g/mol. The highest BCUT2D eigenvalue weighted by Crippen LogP contribution is 2.29. The Morgan fingerprint density at radius 1 is 1.60 bits per heavy atom. The zero-order valence-electron chi connectivity index (χ0n) is 8.66. The van der Waals surface area contributed by atoms with Crippen LogP contribution in [-0.4, -0.2) is 11.9 Å². The van der Waals surface area contributed by atoms with Gasteiger partial charge in [-0.05, 0) is 30.0 Å². The predicted molar refractivity (Wildman–Crippen MR) is 61.0 cm³/mol.